The van der Waals surface area contributed by atoms with E-state index in [0.717, 1.165) is 5.69 Å². The fraction of sp³-hybridized carbons (Fsp3) is 0.0667. The Labute approximate surface area is 117 Å². The van der Waals surface area contributed by atoms with E-state index in [4.69, 9.17) is 5.73 Å². The van der Waals surface area contributed by atoms with Crippen molar-refractivity contribution in [3.63, 3.8) is 0 Å². The number of nitrogens with one attached hydrogen (secondary N) is 1. The molecule has 0 aromatic heterocycles. The number of hydrogen-bond acceptors (Lipinski definition) is 2. The largest absolute Gasteiger partial charge is 0.351 e. The molecule has 0 aliphatic heterocycles. The Kier molecular flexibility index (Phi) is 4.00. The first-order valence-corrected chi connectivity index (χ1v) is 6.07. The molecule has 2 rings (SSSR count). The van der Waals surface area contributed by atoms with Gasteiger partial charge >= 0.3 is 6.03 Å². The van der Waals surface area contributed by atoms with E-state index in [2.05, 4.69) is 5.32 Å². The number of carbonyl (C=O) groups is 2. The third-order valence-corrected chi connectivity index (χ3v) is 2.83. The predicted molar refractivity (Wildman–Crippen MR) is 78.8 cm³/mol. The minimum absolute atomic E-state index is 0.163. The van der Waals surface area contributed by atoms with Gasteiger partial charge in [0.15, 0.2) is 0 Å². The smallest absolute Gasteiger partial charge is 0.316 e. The van der Waals surface area contributed by atoms with Gasteiger partial charge < -0.3 is 16.0 Å². The first-order valence-electron chi connectivity index (χ1n) is 6.07. The van der Waals surface area contributed by atoms with E-state index in [9.17, 15) is 9.59 Å². The van der Waals surface area contributed by atoms with Crippen molar-refractivity contribution < 1.29 is 9.59 Å². The van der Waals surface area contributed by atoms with Gasteiger partial charge in [-0.1, -0.05) is 24.3 Å². The molecule has 102 valence electrons. The number of urea groups is 1. The minimum Gasteiger partial charge on any atom is -0.351 e. The fourth-order valence-corrected chi connectivity index (χ4v) is 1.83. The third-order valence-electron chi connectivity index (χ3n) is 2.83. The van der Waals surface area contributed by atoms with Crippen molar-refractivity contribution in [2.75, 3.05) is 17.3 Å². The maximum atomic E-state index is 12.4. The molecule has 0 aliphatic rings. The molecule has 5 nitrogen and oxygen atoms in total. The molecule has 3 amide bonds. The van der Waals surface area contributed by atoms with Crippen molar-refractivity contribution in [2.24, 2.45) is 5.73 Å². The first kappa shape index (κ1) is 13.6. The zero-order valence-electron chi connectivity index (χ0n) is 11.0. The second-order valence-corrected chi connectivity index (χ2v) is 4.27. The number of hydrogen-bond donors (Lipinski definition) is 2. The minimum atomic E-state index is -0.661. The second-order valence-electron chi connectivity index (χ2n) is 4.27. The first-order chi connectivity index (χ1) is 9.58. The van der Waals surface area contributed by atoms with Gasteiger partial charge in [0.25, 0.3) is 5.91 Å². The summed E-state index contributed by atoms with van der Waals surface area (Å²) >= 11 is 0. The number of amides is 3. The van der Waals surface area contributed by atoms with Gasteiger partial charge in [-0.05, 0) is 30.3 Å². The van der Waals surface area contributed by atoms with Crippen LogP contribution >= 0.6 is 0 Å². The molecular formula is C15H15N3O2. The van der Waals surface area contributed by atoms with Crippen LogP contribution in [-0.2, 0) is 0 Å². The summed E-state index contributed by atoms with van der Waals surface area (Å²) in [7, 11) is 1.70. The van der Waals surface area contributed by atoms with Crippen molar-refractivity contribution >= 4 is 23.3 Å². The number of nitrogens with two attached hydrogens (primary N) is 1. The zero-order valence-corrected chi connectivity index (χ0v) is 11.0. The Balaban J connectivity index is 2.23. The highest BCUT2D eigenvalue weighted by Gasteiger charge is 2.13. The topological polar surface area (TPSA) is 75.4 Å². The van der Waals surface area contributed by atoms with E-state index in [1.165, 1.54) is 0 Å². The number of anilines is 2. The zero-order chi connectivity index (χ0) is 14.5. The van der Waals surface area contributed by atoms with Crippen LogP contribution in [-0.4, -0.2) is 19.0 Å². The highest BCUT2D eigenvalue weighted by atomic mass is 16.2. The Morgan fingerprint density at radius 1 is 1.05 bits per heavy atom. The molecule has 0 aliphatic carbocycles. The number of rotatable bonds is 3. The van der Waals surface area contributed by atoms with Gasteiger partial charge in [-0.2, -0.15) is 0 Å². The number of carbonyl (C=O) groups excluding carboxylic acids is 2. The Hall–Kier alpha value is -2.82. The van der Waals surface area contributed by atoms with Crippen LogP contribution in [0, 0.1) is 0 Å². The van der Waals surface area contributed by atoms with Crippen LogP contribution in [0.5, 0.6) is 0 Å². The van der Waals surface area contributed by atoms with E-state index >= 15 is 0 Å². The fourth-order valence-electron chi connectivity index (χ4n) is 1.83. The molecular weight excluding hydrogens is 254 g/mol. The van der Waals surface area contributed by atoms with Gasteiger partial charge in [0, 0.05) is 24.0 Å². The summed E-state index contributed by atoms with van der Waals surface area (Å²) in [6.07, 6.45) is 0. The molecule has 2 aromatic rings. The molecule has 0 heterocycles. The lowest BCUT2D eigenvalue weighted by Gasteiger charge is -2.17. The van der Waals surface area contributed by atoms with Crippen molar-refractivity contribution in [1.29, 1.82) is 0 Å². The lowest BCUT2D eigenvalue weighted by atomic mass is 10.1. The van der Waals surface area contributed by atoms with Gasteiger partial charge in [0.1, 0.15) is 0 Å². The van der Waals surface area contributed by atoms with Crippen molar-refractivity contribution in [3.05, 3.63) is 60.2 Å². The number of primary amides is 1. The number of para-hydroxylation sites is 1. The number of nitrogens with zero attached hydrogens (tertiary/aromatic N) is 1. The monoisotopic (exact) mass is 269 g/mol. The Morgan fingerprint density at radius 3 is 2.40 bits per heavy atom. The average molecular weight is 269 g/mol. The van der Waals surface area contributed by atoms with E-state index in [0.29, 0.717) is 11.3 Å². The summed E-state index contributed by atoms with van der Waals surface area (Å²) in [6.45, 7) is 0. The summed E-state index contributed by atoms with van der Waals surface area (Å²) in [5.74, 6) is -0.163. The normalized spacial score (nSPS) is 9.85. The lowest BCUT2D eigenvalue weighted by molar-refractivity contribution is 0.0993. The quantitative estimate of drug-likeness (QED) is 0.898. The van der Waals surface area contributed by atoms with Crippen molar-refractivity contribution in [1.82, 2.24) is 0 Å². The van der Waals surface area contributed by atoms with E-state index < -0.39 is 6.03 Å². The summed E-state index contributed by atoms with van der Waals surface area (Å²) in [5.41, 5.74) is 6.82. The Morgan fingerprint density at radius 2 is 1.75 bits per heavy atom. The third kappa shape index (κ3) is 3.14. The molecule has 0 atom stereocenters. The van der Waals surface area contributed by atoms with E-state index in [1.54, 1.807) is 36.2 Å². The summed E-state index contributed by atoms with van der Waals surface area (Å²) in [4.78, 5) is 24.7. The average Bonchev–Trinajstić information content (AvgIpc) is 2.46. The van der Waals surface area contributed by atoms with Crippen LogP contribution < -0.4 is 16.0 Å². The Bertz CT molecular complexity index is 626. The highest BCUT2D eigenvalue weighted by Crippen LogP contribution is 2.17. The summed E-state index contributed by atoms with van der Waals surface area (Å²) < 4.78 is 0. The lowest BCUT2D eigenvalue weighted by Crippen LogP contribution is -2.26. The highest BCUT2D eigenvalue weighted by molar-refractivity contribution is 6.06. The number of benzene rings is 2. The van der Waals surface area contributed by atoms with Crippen LogP contribution in [0.25, 0.3) is 0 Å². The van der Waals surface area contributed by atoms with Crippen molar-refractivity contribution in [2.45, 2.75) is 0 Å². The van der Waals surface area contributed by atoms with Crippen molar-refractivity contribution in [3.8, 4) is 0 Å². The van der Waals surface area contributed by atoms with Gasteiger partial charge in [0.2, 0.25) is 0 Å². The van der Waals surface area contributed by atoms with Crippen LogP contribution in [0.2, 0.25) is 0 Å². The molecule has 0 unspecified atom stereocenters. The van der Waals surface area contributed by atoms with Crippen LogP contribution in [0.15, 0.2) is 54.6 Å². The summed E-state index contributed by atoms with van der Waals surface area (Å²) in [6, 6.07) is 15.3. The van der Waals surface area contributed by atoms with Gasteiger partial charge in [-0.3, -0.25) is 4.79 Å². The molecule has 5 heteroatoms. The SMILES string of the molecule is CN(C(=O)c1cccc(NC(N)=O)c1)c1ccccc1. The van der Waals surface area contributed by atoms with Crippen LogP contribution in [0.1, 0.15) is 10.4 Å². The molecule has 0 spiro atoms. The molecule has 0 fully saturated rings. The van der Waals surface area contributed by atoms with Crippen LogP contribution in [0.3, 0.4) is 0 Å². The second kappa shape index (κ2) is 5.88. The molecule has 2 aromatic carbocycles. The van der Waals surface area contributed by atoms with Crippen LogP contribution in [0.4, 0.5) is 16.2 Å². The van der Waals surface area contributed by atoms with Gasteiger partial charge in [-0.25, -0.2) is 4.79 Å². The maximum Gasteiger partial charge on any atom is 0.316 e. The van der Waals surface area contributed by atoms with E-state index in [-0.39, 0.29) is 5.91 Å². The van der Waals surface area contributed by atoms with Gasteiger partial charge in [-0.15, -0.1) is 0 Å². The predicted octanol–water partition coefficient (Wildman–Crippen LogP) is 2.45. The molecule has 0 saturated heterocycles. The molecule has 0 radical (unpaired) electrons. The standard InChI is InChI=1S/C15H15N3O2/c1-18(13-8-3-2-4-9-13)14(19)11-6-5-7-12(10-11)17-15(16)20/h2-10H,1H3,(H3,16,17,20). The molecule has 20 heavy (non-hydrogen) atoms. The maximum absolute atomic E-state index is 12.4. The molecule has 0 saturated carbocycles. The molecule has 0 bridgehead atoms. The van der Waals surface area contributed by atoms with E-state index in [1.807, 2.05) is 30.3 Å². The summed E-state index contributed by atoms with van der Waals surface area (Å²) in [5, 5.41) is 2.45. The van der Waals surface area contributed by atoms with Gasteiger partial charge in [0.05, 0.1) is 0 Å². The molecule has 3 N–H and O–H groups in total.